The summed E-state index contributed by atoms with van der Waals surface area (Å²) in [6.45, 7) is 6.05. The zero-order valence-electron chi connectivity index (χ0n) is 16.4. The van der Waals surface area contributed by atoms with Crippen LogP contribution in [0.5, 0.6) is 0 Å². The van der Waals surface area contributed by atoms with Gasteiger partial charge in [0.2, 0.25) is 0 Å². The molecule has 4 heteroatoms. The van der Waals surface area contributed by atoms with E-state index in [0.29, 0.717) is 17.1 Å². The fourth-order valence-corrected chi connectivity index (χ4v) is 2.98. The maximum Gasteiger partial charge on any atom is 0.109 e. The van der Waals surface area contributed by atoms with E-state index >= 15 is 0 Å². The van der Waals surface area contributed by atoms with Gasteiger partial charge in [0, 0.05) is 10.9 Å². The number of aryl methyl sites for hydroxylation is 1. The van der Waals surface area contributed by atoms with Gasteiger partial charge in [-0.25, -0.2) is 0 Å². The third kappa shape index (κ3) is 4.07. The topological polar surface area (TPSA) is 63.6 Å². The van der Waals surface area contributed by atoms with Gasteiger partial charge in [0.05, 0.1) is 17.6 Å². The van der Waals surface area contributed by atoms with Gasteiger partial charge in [-0.05, 0) is 36.1 Å². The molecule has 0 aliphatic heterocycles. The summed E-state index contributed by atoms with van der Waals surface area (Å²) >= 11 is 0. The van der Waals surface area contributed by atoms with Gasteiger partial charge in [-0.3, -0.25) is 4.98 Å². The summed E-state index contributed by atoms with van der Waals surface area (Å²) in [4.78, 5) is 4.47. The molecule has 0 bridgehead atoms. The third-order valence-corrected chi connectivity index (χ3v) is 4.36. The molecule has 1 heterocycles. The molecule has 2 N–H and O–H groups in total. The number of fused-ring (bicyclic) bond motifs is 1. The van der Waals surface area contributed by atoms with Crippen LogP contribution in [0.1, 0.15) is 19.4 Å². The first-order valence-electron chi connectivity index (χ1n) is 9.43. The van der Waals surface area contributed by atoms with E-state index < -0.39 is 0 Å². The van der Waals surface area contributed by atoms with E-state index in [2.05, 4.69) is 28.2 Å². The van der Waals surface area contributed by atoms with Crippen molar-refractivity contribution in [2.45, 2.75) is 20.8 Å². The number of aromatic nitrogens is 1. The third-order valence-electron chi connectivity index (χ3n) is 4.36. The molecule has 4 aromatic rings. The molecule has 140 valence electrons. The Bertz CT molecular complexity index is 1080. The summed E-state index contributed by atoms with van der Waals surface area (Å²) in [5.41, 5.74) is 11.4. The van der Waals surface area contributed by atoms with Crippen LogP contribution in [0.3, 0.4) is 0 Å². The number of nitrogens with two attached hydrogens (primary N) is 1. The zero-order chi connectivity index (χ0) is 19.9. The van der Waals surface area contributed by atoms with Crippen molar-refractivity contribution in [2.75, 3.05) is 5.73 Å². The first-order chi connectivity index (χ1) is 13.7. The van der Waals surface area contributed by atoms with Gasteiger partial charge in [0.25, 0.3) is 0 Å². The van der Waals surface area contributed by atoms with Crippen molar-refractivity contribution >= 4 is 27.8 Å². The molecule has 4 nitrogen and oxygen atoms in total. The van der Waals surface area contributed by atoms with Crippen LogP contribution in [0.2, 0.25) is 0 Å². The molecule has 4 rings (SSSR count). The smallest absolute Gasteiger partial charge is 0.109 e. The first kappa shape index (κ1) is 19.2. The van der Waals surface area contributed by atoms with E-state index in [1.807, 2.05) is 80.6 Å². The number of azo groups is 1. The van der Waals surface area contributed by atoms with E-state index in [1.54, 1.807) is 6.20 Å². The Morgan fingerprint density at radius 1 is 0.786 bits per heavy atom. The minimum atomic E-state index is 0.642. The fraction of sp³-hybridized carbons (Fsp3) is 0.125. The summed E-state index contributed by atoms with van der Waals surface area (Å²) in [6.07, 6.45) is 1.72. The molecule has 0 saturated carbocycles. The van der Waals surface area contributed by atoms with Crippen molar-refractivity contribution in [1.82, 2.24) is 4.98 Å². The van der Waals surface area contributed by atoms with Crippen LogP contribution in [-0.2, 0) is 0 Å². The lowest BCUT2D eigenvalue weighted by Crippen LogP contribution is -1.90. The van der Waals surface area contributed by atoms with Crippen molar-refractivity contribution in [1.29, 1.82) is 0 Å². The number of hydrogen-bond donors (Lipinski definition) is 1. The summed E-state index contributed by atoms with van der Waals surface area (Å²) in [5.74, 6) is 0. The van der Waals surface area contributed by atoms with E-state index in [1.165, 1.54) is 0 Å². The fourth-order valence-electron chi connectivity index (χ4n) is 2.98. The Morgan fingerprint density at radius 2 is 1.46 bits per heavy atom. The summed E-state index contributed by atoms with van der Waals surface area (Å²) in [5, 5.41) is 10.8. The quantitative estimate of drug-likeness (QED) is 0.306. The standard InChI is InChI=1S/C22H18N4.C2H6/c1-15-13-21(22(23)19-10-6-5-9-18(15)19)26-25-17-11-12-20(24-14-17)16-7-3-2-4-8-16;1-2/h2-14H,23H2,1H3;1-2H3. The normalized spacial score (nSPS) is 10.7. The summed E-state index contributed by atoms with van der Waals surface area (Å²) in [7, 11) is 0. The second-order valence-electron chi connectivity index (χ2n) is 6.14. The second kappa shape index (κ2) is 8.91. The minimum Gasteiger partial charge on any atom is -0.396 e. The van der Waals surface area contributed by atoms with E-state index in [0.717, 1.165) is 27.6 Å². The first-order valence-corrected chi connectivity index (χ1v) is 9.43. The summed E-state index contributed by atoms with van der Waals surface area (Å²) < 4.78 is 0. The minimum absolute atomic E-state index is 0.642. The number of hydrogen-bond acceptors (Lipinski definition) is 4. The highest BCUT2D eigenvalue weighted by Crippen LogP contribution is 2.34. The lowest BCUT2D eigenvalue weighted by atomic mass is 10.0. The zero-order valence-corrected chi connectivity index (χ0v) is 16.4. The SMILES string of the molecule is CC.Cc1cc(N=Nc2ccc(-c3ccccc3)nc2)c(N)c2ccccc12. The Morgan fingerprint density at radius 3 is 2.14 bits per heavy atom. The Hall–Kier alpha value is -3.53. The van der Waals surface area contributed by atoms with Crippen LogP contribution in [0.15, 0.2) is 89.2 Å². The predicted molar refractivity (Wildman–Crippen MR) is 118 cm³/mol. The van der Waals surface area contributed by atoms with Gasteiger partial charge in [-0.15, -0.1) is 10.2 Å². The summed E-state index contributed by atoms with van der Waals surface area (Å²) in [6, 6.07) is 23.9. The van der Waals surface area contributed by atoms with Gasteiger partial charge in [0.1, 0.15) is 11.4 Å². The molecule has 0 unspecified atom stereocenters. The monoisotopic (exact) mass is 368 g/mol. The molecular weight excluding hydrogens is 344 g/mol. The molecule has 28 heavy (non-hydrogen) atoms. The molecule has 0 atom stereocenters. The lowest BCUT2D eigenvalue weighted by molar-refractivity contribution is 1.20. The highest BCUT2D eigenvalue weighted by atomic mass is 15.1. The number of nitrogens with zero attached hydrogens (tertiary/aromatic N) is 3. The Balaban J connectivity index is 0.00000109. The number of nitrogen functional groups attached to an aromatic ring is 1. The van der Waals surface area contributed by atoms with Crippen LogP contribution < -0.4 is 5.73 Å². The lowest BCUT2D eigenvalue weighted by Gasteiger charge is -2.08. The van der Waals surface area contributed by atoms with Crippen molar-refractivity contribution in [3.05, 3.63) is 84.6 Å². The highest BCUT2D eigenvalue weighted by molar-refractivity contribution is 6.00. The van der Waals surface area contributed by atoms with Gasteiger partial charge in [-0.1, -0.05) is 68.4 Å². The predicted octanol–water partition coefficient (Wildman–Crippen LogP) is 7.23. The van der Waals surface area contributed by atoms with Crippen molar-refractivity contribution in [3.8, 4) is 11.3 Å². The number of pyridine rings is 1. The molecule has 0 fully saturated rings. The number of rotatable bonds is 3. The molecule has 0 aliphatic carbocycles. The van der Waals surface area contributed by atoms with Crippen LogP contribution in [0, 0.1) is 6.92 Å². The molecule has 0 aliphatic rings. The van der Waals surface area contributed by atoms with Crippen LogP contribution in [0.4, 0.5) is 17.1 Å². The van der Waals surface area contributed by atoms with E-state index in [9.17, 15) is 0 Å². The molecule has 0 amide bonds. The maximum absolute atomic E-state index is 6.28. The van der Waals surface area contributed by atoms with Crippen LogP contribution in [-0.4, -0.2) is 4.98 Å². The molecule has 0 spiro atoms. The number of benzene rings is 3. The molecular formula is C24H24N4. The Labute approximate surface area is 165 Å². The van der Waals surface area contributed by atoms with Crippen molar-refractivity contribution in [3.63, 3.8) is 0 Å². The number of anilines is 1. The van der Waals surface area contributed by atoms with Gasteiger partial charge >= 0.3 is 0 Å². The van der Waals surface area contributed by atoms with Crippen molar-refractivity contribution < 1.29 is 0 Å². The van der Waals surface area contributed by atoms with Crippen LogP contribution in [0.25, 0.3) is 22.0 Å². The molecule has 0 radical (unpaired) electrons. The molecule has 3 aromatic carbocycles. The Kier molecular flexibility index (Phi) is 6.12. The maximum atomic E-state index is 6.28. The van der Waals surface area contributed by atoms with Gasteiger partial charge < -0.3 is 5.73 Å². The van der Waals surface area contributed by atoms with E-state index in [-0.39, 0.29) is 0 Å². The van der Waals surface area contributed by atoms with Crippen LogP contribution >= 0.6 is 0 Å². The van der Waals surface area contributed by atoms with Crippen molar-refractivity contribution in [2.24, 2.45) is 10.2 Å². The van der Waals surface area contributed by atoms with Gasteiger partial charge in [0.15, 0.2) is 0 Å². The highest BCUT2D eigenvalue weighted by Gasteiger charge is 2.07. The average Bonchev–Trinajstić information content (AvgIpc) is 2.78. The molecule has 0 saturated heterocycles. The van der Waals surface area contributed by atoms with Gasteiger partial charge in [-0.2, -0.15) is 0 Å². The largest absolute Gasteiger partial charge is 0.396 e. The second-order valence-corrected chi connectivity index (χ2v) is 6.14. The molecule has 1 aromatic heterocycles. The average molecular weight is 368 g/mol. The van der Waals surface area contributed by atoms with E-state index in [4.69, 9.17) is 5.73 Å².